The molecule has 90 valence electrons. The molecular formula is C13H15NO2S. The summed E-state index contributed by atoms with van der Waals surface area (Å²) in [5.41, 5.74) is 0. The van der Waals surface area contributed by atoms with Crippen LogP contribution in [0.5, 0.6) is 0 Å². The highest BCUT2D eigenvalue weighted by molar-refractivity contribution is 7.10. The third-order valence-corrected chi connectivity index (χ3v) is 3.29. The van der Waals surface area contributed by atoms with Gasteiger partial charge in [0.1, 0.15) is 5.76 Å². The molecule has 17 heavy (non-hydrogen) atoms. The molecule has 1 N–H and O–H groups in total. The molecule has 0 aliphatic rings. The van der Waals surface area contributed by atoms with Gasteiger partial charge in [-0.25, -0.2) is 0 Å². The molecule has 0 aliphatic heterocycles. The van der Waals surface area contributed by atoms with Gasteiger partial charge in [-0.3, -0.25) is 4.79 Å². The lowest BCUT2D eigenvalue weighted by Gasteiger charge is -2.11. The molecule has 0 aromatic carbocycles. The topological polar surface area (TPSA) is 42.2 Å². The summed E-state index contributed by atoms with van der Waals surface area (Å²) in [5, 5.41) is 4.95. The van der Waals surface area contributed by atoms with Crippen molar-refractivity contribution in [2.75, 3.05) is 0 Å². The van der Waals surface area contributed by atoms with Gasteiger partial charge in [-0.05, 0) is 30.5 Å². The van der Waals surface area contributed by atoms with Crippen LogP contribution in [0.2, 0.25) is 0 Å². The van der Waals surface area contributed by atoms with Gasteiger partial charge in [-0.15, -0.1) is 11.3 Å². The fourth-order valence-electron chi connectivity index (χ4n) is 1.68. The third-order valence-electron chi connectivity index (χ3n) is 2.41. The monoisotopic (exact) mass is 249 g/mol. The minimum Gasteiger partial charge on any atom is -0.469 e. The molecule has 0 fully saturated rings. The molecule has 1 atom stereocenters. The average Bonchev–Trinajstić information content (AvgIpc) is 2.90. The van der Waals surface area contributed by atoms with Gasteiger partial charge in [-0.2, -0.15) is 0 Å². The van der Waals surface area contributed by atoms with Gasteiger partial charge in [0.05, 0.1) is 12.7 Å². The Bertz CT molecular complexity index is 448. The molecule has 0 saturated heterocycles. The normalized spacial score (nSPS) is 12.3. The van der Waals surface area contributed by atoms with Crippen LogP contribution in [0.4, 0.5) is 0 Å². The number of rotatable bonds is 5. The van der Waals surface area contributed by atoms with Crippen molar-refractivity contribution >= 4 is 17.2 Å². The van der Waals surface area contributed by atoms with E-state index in [9.17, 15) is 4.79 Å². The predicted molar refractivity (Wildman–Crippen MR) is 68.0 cm³/mol. The molecule has 2 aromatic rings. The van der Waals surface area contributed by atoms with Gasteiger partial charge in [0, 0.05) is 17.3 Å². The van der Waals surface area contributed by atoms with Crippen molar-refractivity contribution in [1.29, 1.82) is 0 Å². The van der Waals surface area contributed by atoms with E-state index >= 15 is 0 Å². The molecule has 2 rings (SSSR count). The van der Waals surface area contributed by atoms with E-state index in [2.05, 4.69) is 5.32 Å². The highest BCUT2D eigenvalue weighted by Gasteiger charge is 2.10. The Hall–Kier alpha value is -1.55. The highest BCUT2D eigenvalue weighted by Crippen LogP contribution is 2.09. The first-order valence-corrected chi connectivity index (χ1v) is 6.46. The van der Waals surface area contributed by atoms with Crippen molar-refractivity contribution in [3.8, 4) is 0 Å². The minimum absolute atomic E-state index is 0.0616. The Morgan fingerprint density at radius 2 is 2.35 bits per heavy atom. The van der Waals surface area contributed by atoms with Crippen LogP contribution in [0.1, 0.15) is 17.6 Å². The van der Waals surface area contributed by atoms with Crippen molar-refractivity contribution in [1.82, 2.24) is 5.32 Å². The van der Waals surface area contributed by atoms with Crippen LogP contribution in [0.3, 0.4) is 0 Å². The van der Waals surface area contributed by atoms with E-state index in [0.717, 1.165) is 17.1 Å². The molecule has 0 aliphatic carbocycles. The summed E-state index contributed by atoms with van der Waals surface area (Å²) < 4.78 is 5.24. The third kappa shape index (κ3) is 3.75. The molecule has 1 unspecified atom stereocenters. The van der Waals surface area contributed by atoms with Crippen LogP contribution in [-0.4, -0.2) is 11.9 Å². The van der Waals surface area contributed by atoms with E-state index in [4.69, 9.17) is 4.42 Å². The number of amides is 1. The molecule has 0 spiro atoms. The Kier molecular flexibility index (Phi) is 3.98. The average molecular weight is 249 g/mol. The van der Waals surface area contributed by atoms with Crippen molar-refractivity contribution in [3.05, 3.63) is 46.5 Å². The first kappa shape index (κ1) is 11.9. The number of thiophene rings is 1. The largest absolute Gasteiger partial charge is 0.469 e. The SMILES string of the molecule is CC(Cc1ccco1)NC(=O)Cc1cccs1. The highest BCUT2D eigenvalue weighted by atomic mass is 32.1. The Balaban J connectivity index is 1.78. The van der Waals surface area contributed by atoms with E-state index in [1.807, 2.05) is 36.6 Å². The summed E-state index contributed by atoms with van der Waals surface area (Å²) in [5.74, 6) is 0.959. The zero-order valence-corrected chi connectivity index (χ0v) is 10.5. The predicted octanol–water partition coefficient (Wildman–Crippen LogP) is 2.63. The van der Waals surface area contributed by atoms with Crippen LogP contribution in [0.25, 0.3) is 0 Å². The summed E-state index contributed by atoms with van der Waals surface area (Å²) in [6.07, 6.45) is 2.83. The maximum Gasteiger partial charge on any atom is 0.225 e. The zero-order chi connectivity index (χ0) is 12.1. The van der Waals surface area contributed by atoms with E-state index in [1.165, 1.54) is 0 Å². The molecule has 2 aromatic heterocycles. The van der Waals surface area contributed by atoms with Crippen LogP contribution < -0.4 is 5.32 Å². The van der Waals surface area contributed by atoms with Gasteiger partial charge in [0.2, 0.25) is 5.91 Å². The lowest BCUT2D eigenvalue weighted by Crippen LogP contribution is -2.34. The lowest BCUT2D eigenvalue weighted by atomic mass is 10.2. The van der Waals surface area contributed by atoms with E-state index in [-0.39, 0.29) is 11.9 Å². The van der Waals surface area contributed by atoms with E-state index < -0.39 is 0 Å². The maximum atomic E-state index is 11.7. The smallest absolute Gasteiger partial charge is 0.225 e. The van der Waals surface area contributed by atoms with Crippen LogP contribution in [-0.2, 0) is 17.6 Å². The second kappa shape index (κ2) is 5.68. The Morgan fingerprint density at radius 1 is 1.47 bits per heavy atom. The molecule has 1 amide bonds. The first-order valence-electron chi connectivity index (χ1n) is 5.58. The number of hydrogen-bond acceptors (Lipinski definition) is 3. The molecule has 4 heteroatoms. The molecular weight excluding hydrogens is 234 g/mol. The molecule has 3 nitrogen and oxygen atoms in total. The van der Waals surface area contributed by atoms with Gasteiger partial charge in [0.25, 0.3) is 0 Å². The second-order valence-electron chi connectivity index (χ2n) is 4.01. The van der Waals surface area contributed by atoms with Crippen molar-refractivity contribution in [3.63, 3.8) is 0 Å². The van der Waals surface area contributed by atoms with Crippen molar-refractivity contribution in [2.45, 2.75) is 25.8 Å². The van der Waals surface area contributed by atoms with E-state index in [0.29, 0.717) is 6.42 Å². The summed E-state index contributed by atoms with van der Waals surface area (Å²) in [6, 6.07) is 7.80. The summed E-state index contributed by atoms with van der Waals surface area (Å²) >= 11 is 1.60. The van der Waals surface area contributed by atoms with Crippen LogP contribution >= 0.6 is 11.3 Å². The van der Waals surface area contributed by atoms with E-state index in [1.54, 1.807) is 17.6 Å². The fourth-order valence-corrected chi connectivity index (χ4v) is 2.38. The molecule has 2 heterocycles. The summed E-state index contributed by atoms with van der Waals surface area (Å²) in [6.45, 7) is 1.98. The number of furan rings is 1. The fraction of sp³-hybridized carbons (Fsp3) is 0.308. The molecule has 0 radical (unpaired) electrons. The first-order chi connectivity index (χ1) is 8.24. The van der Waals surface area contributed by atoms with Gasteiger partial charge < -0.3 is 9.73 Å². The number of nitrogens with one attached hydrogen (secondary N) is 1. The van der Waals surface area contributed by atoms with Crippen molar-refractivity contribution in [2.24, 2.45) is 0 Å². The lowest BCUT2D eigenvalue weighted by molar-refractivity contribution is -0.121. The van der Waals surface area contributed by atoms with Gasteiger partial charge in [0.15, 0.2) is 0 Å². The standard InChI is InChI=1S/C13H15NO2S/c1-10(8-11-4-2-6-16-11)14-13(15)9-12-5-3-7-17-12/h2-7,10H,8-9H2,1H3,(H,14,15). The Morgan fingerprint density at radius 3 is 3.00 bits per heavy atom. The number of carbonyl (C=O) groups excluding carboxylic acids is 1. The quantitative estimate of drug-likeness (QED) is 0.885. The second-order valence-corrected chi connectivity index (χ2v) is 5.04. The minimum atomic E-state index is 0.0616. The molecule has 0 saturated carbocycles. The maximum absolute atomic E-state index is 11.7. The zero-order valence-electron chi connectivity index (χ0n) is 9.68. The number of hydrogen-bond donors (Lipinski definition) is 1. The van der Waals surface area contributed by atoms with Gasteiger partial charge >= 0.3 is 0 Å². The van der Waals surface area contributed by atoms with Crippen LogP contribution in [0, 0.1) is 0 Å². The number of carbonyl (C=O) groups is 1. The summed E-state index contributed by atoms with van der Waals surface area (Å²) in [7, 11) is 0. The van der Waals surface area contributed by atoms with Crippen LogP contribution in [0.15, 0.2) is 40.3 Å². The Labute approximate surface area is 104 Å². The van der Waals surface area contributed by atoms with Crippen molar-refractivity contribution < 1.29 is 9.21 Å². The molecule has 0 bridgehead atoms. The summed E-state index contributed by atoms with van der Waals surface area (Å²) in [4.78, 5) is 12.8. The van der Waals surface area contributed by atoms with Gasteiger partial charge in [-0.1, -0.05) is 6.07 Å².